The molecule has 2 nitrogen and oxygen atoms in total. The van der Waals surface area contributed by atoms with Gasteiger partial charge in [-0.1, -0.05) is 24.3 Å². The van der Waals surface area contributed by atoms with E-state index in [1.54, 1.807) is 0 Å². The quantitative estimate of drug-likeness (QED) is 0.683. The molecule has 0 N–H and O–H groups in total. The van der Waals surface area contributed by atoms with Gasteiger partial charge in [0.05, 0.1) is 5.69 Å². The molecule has 0 aliphatic heterocycles. The maximum Gasteiger partial charge on any atom is 0.125 e. The van der Waals surface area contributed by atoms with E-state index >= 15 is 0 Å². The van der Waals surface area contributed by atoms with Crippen molar-refractivity contribution in [1.82, 2.24) is 9.97 Å². The predicted octanol–water partition coefficient (Wildman–Crippen LogP) is 2.26. The summed E-state index contributed by atoms with van der Waals surface area (Å²) < 4.78 is 0. The van der Waals surface area contributed by atoms with E-state index < -0.39 is 0 Å². The molecule has 2 aromatic rings. The number of rotatable bonds is 1. The van der Waals surface area contributed by atoms with Crippen LogP contribution in [0.1, 0.15) is 11.4 Å². The van der Waals surface area contributed by atoms with E-state index in [1.807, 2.05) is 32.2 Å². The van der Waals surface area contributed by atoms with Crippen molar-refractivity contribution in [3.8, 4) is 11.3 Å². The van der Waals surface area contributed by atoms with Gasteiger partial charge in [-0.3, -0.25) is 0 Å². The molecule has 1 aromatic heterocycles. The third-order valence-corrected chi connectivity index (χ3v) is 2.81. The Labute approximate surface area is 92.0 Å². The Morgan fingerprint density at radius 2 is 1.87 bits per heavy atom. The van der Waals surface area contributed by atoms with E-state index in [-0.39, 0.29) is 0 Å². The van der Waals surface area contributed by atoms with Crippen LogP contribution in [0.3, 0.4) is 0 Å². The van der Waals surface area contributed by atoms with E-state index in [2.05, 4.69) is 31.3 Å². The van der Waals surface area contributed by atoms with Crippen LogP contribution in [0.5, 0.6) is 0 Å². The SMILES string of the molecule is Cc1ncc(C)c(-c2ccccc2P)n1. The molecule has 0 bridgehead atoms. The Hall–Kier alpha value is -1.27. The molecule has 1 unspecified atom stereocenters. The molecule has 3 heteroatoms. The number of hydrogen-bond acceptors (Lipinski definition) is 2. The number of aromatic nitrogens is 2. The first kappa shape index (κ1) is 10.3. The van der Waals surface area contributed by atoms with Crippen LogP contribution in [0, 0.1) is 13.8 Å². The average molecular weight is 216 g/mol. The van der Waals surface area contributed by atoms with Gasteiger partial charge in [0.15, 0.2) is 0 Å². The number of hydrogen-bond donors (Lipinski definition) is 0. The van der Waals surface area contributed by atoms with Crippen molar-refractivity contribution < 1.29 is 0 Å². The Bertz CT molecular complexity index is 495. The Morgan fingerprint density at radius 1 is 1.13 bits per heavy atom. The highest BCUT2D eigenvalue weighted by Gasteiger charge is 2.06. The summed E-state index contributed by atoms with van der Waals surface area (Å²) in [6.07, 6.45) is 1.87. The molecule has 76 valence electrons. The lowest BCUT2D eigenvalue weighted by molar-refractivity contribution is 1.04. The highest BCUT2D eigenvalue weighted by molar-refractivity contribution is 7.28. The fraction of sp³-hybridized carbons (Fsp3) is 0.167. The summed E-state index contributed by atoms with van der Waals surface area (Å²) in [5, 5.41) is 1.17. The van der Waals surface area contributed by atoms with Gasteiger partial charge in [0.1, 0.15) is 5.82 Å². The van der Waals surface area contributed by atoms with E-state index in [4.69, 9.17) is 0 Å². The summed E-state index contributed by atoms with van der Waals surface area (Å²) in [5.74, 6) is 0.809. The summed E-state index contributed by atoms with van der Waals surface area (Å²) >= 11 is 0. The second-order valence-corrected chi connectivity index (χ2v) is 4.16. The summed E-state index contributed by atoms with van der Waals surface area (Å²) in [5.41, 5.74) is 3.29. The molecule has 0 saturated heterocycles. The van der Waals surface area contributed by atoms with E-state index in [9.17, 15) is 0 Å². The van der Waals surface area contributed by atoms with Crippen LogP contribution in [-0.4, -0.2) is 9.97 Å². The number of benzene rings is 1. The molecule has 0 amide bonds. The fourth-order valence-corrected chi connectivity index (χ4v) is 1.86. The number of nitrogens with zero attached hydrogens (tertiary/aromatic N) is 2. The minimum absolute atomic E-state index is 0.809. The summed E-state index contributed by atoms with van der Waals surface area (Å²) in [7, 11) is 2.74. The van der Waals surface area contributed by atoms with Crippen LogP contribution < -0.4 is 5.30 Å². The zero-order valence-electron chi connectivity index (χ0n) is 8.86. The van der Waals surface area contributed by atoms with Gasteiger partial charge in [0.2, 0.25) is 0 Å². The molecule has 0 aliphatic rings. The highest BCUT2D eigenvalue weighted by atomic mass is 31.0. The largest absolute Gasteiger partial charge is 0.241 e. The lowest BCUT2D eigenvalue weighted by Crippen LogP contribution is -2.01. The molecular weight excluding hydrogens is 203 g/mol. The summed E-state index contributed by atoms with van der Waals surface area (Å²) in [4.78, 5) is 8.66. The predicted molar refractivity (Wildman–Crippen MR) is 66.3 cm³/mol. The van der Waals surface area contributed by atoms with Crippen molar-refractivity contribution in [2.75, 3.05) is 0 Å². The normalized spacial score (nSPS) is 10.3. The Kier molecular flexibility index (Phi) is 2.79. The van der Waals surface area contributed by atoms with Crippen molar-refractivity contribution >= 4 is 14.5 Å². The van der Waals surface area contributed by atoms with Crippen LogP contribution in [0.2, 0.25) is 0 Å². The second kappa shape index (κ2) is 4.08. The molecule has 0 radical (unpaired) electrons. The van der Waals surface area contributed by atoms with E-state index in [0.29, 0.717) is 0 Å². The zero-order chi connectivity index (χ0) is 10.8. The van der Waals surface area contributed by atoms with E-state index in [0.717, 1.165) is 22.6 Å². The molecule has 0 aliphatic carbocycles. The molecule has 0 spiro atoms. The third-order valence-electron chi connectivity index (χ3n) is 2.31. The highest BCUT2D eigenvalue weighted by Crippen LogP contribution is 2.19. The topological polar surface area (TPSA) is 25.8 Å². The molecule has 0 saturated carbocycles. The molecule has 1 heterocycles. The molecule has 2 rings (SSSR count). The van der Waals surface area contributed by atoms with Crippen molar-refractivity contribution in [3.63, 3.8) is 0 Å². The van der Waals surface area contributed by atoms with Gasteiger partial charge in [-0.05, 0) is 24.7 Å². The van der Waals surface area contributed by atoms with Gasteiger partial charge in [-0.15, -0.1) is 9.24 Å². The second-order valence-electron chi connectivity index (χ2n) is 3.54. The monoisotopic (exact) mass is 216 g/mol. The van der Waals surface area contributed by atoms with Crippen molar-refractivity contribution in [1.29, 1.82) is 0 Å². The van der Waals surface area contributed by atoms with Crippen LogP contribution >= 0.6 is 9.24 Å². The van der Waals surface area contributed by atoms with Gasteiger partial charge in [0, 0.05) is 11.8 Å². The van der Waals surface area contributed by atoms with E-state index in [1.165, 1.54) is 5.30 Å². The first-order valence-corrected chi connectivity index (χ1v) is 5.41. The number of aryl methyl sites for hydroxylation is 2. The third kappa shape index (κ3) is 2.05. The lowest BCUT2D eigenvalue weighted by atomic mass is 10.1. The summed E-state index contributed by atoms with van der Waals surface area (Å²) in [6, 6.07) is 8.20. The maximum absolute atomic E-state index is 4.48. The Balaban J connectivity index is 2.64. The minimum atomic E-state index is 0.809. The smallest absolute Gasteiger partial charge is 0.125 e. The molecule has 0 fully saturated rings. The molecule has 15 heavy (non-hydrogen) atoms. The molecule has 1 atom stereocenters. The van der Waals surface area contributed by atoms with Gasteiger partial charge < -0.3 is 0 Å². The molecular formula is C12H13N2P. The Morgan fingerprint density at radius 3 is 2.60 bits per heavy atom. The fourth-order valence-electron chi connectivity index (χ4n) is 1.52. The van der Waals surface area contributed by atoms with Crippen LogP contribution in [0.25, 0.3) is 11.3 Å². The van der Waals surface area contributed by atoms with Crippen LogP contribution in [-0.2, 0) is 0 Å². The maximum atomic E-state index is 4.48. The standard InChI is InChI=1S/C12H13N2P/c1-8-7-13-9(2)14-12(8)10-5-3-4-6-11(10)15/h3-7H,15H2,1-2H3. The van der Waals surface area contributed by atoms with Gasteiger partial charge >= 0.3 is 0 Å². The summed E-state index contributed by atoms with van der Waals surface area (Å²) in [6.45, 7) is 3.94. The first-order chi connectivity index (χ1) is 7.18. The van der Waals surface area contributed by atoms with Gasteiger partial charge in [0.25, 0.3) is 0 Å². The van der Waals surface area contributed by atoms with Gasteiger partial charge in [-0.2, -0.15) is 0 Å². The average Bonchev–Trinajstić information content (AvgIpc) is 2.23. The van der Waals surface area contributed by atoms with Crippen molar-refractivity contribution in [2.45, 2.75) is 13.8 Å². The van der Waals surface area contributed by atoms with Crippen LogP contribution in [0.4, 0.5) is 0 Å². The molecule has 1 aromatic carbocycles. The zero-order valence-corrected chi connectivity index (χ0v) is 10.0. The van der Waals surface area contributed by atoms with Gasteiger partial charge in [-0.25, -0.2) is 9.97 Å². The van der Waals surface area contributed by atoms with Crippen molar-refractivity contribution in [2.24, 2.45) is 0 Å². The van der Waals surface area contributed by atoms with Crippen molar-refractivity contribution in [3.05, 3.63) is 41.9 Å². The van der Waals surface area contributed by atoms with Crippen LogP contribution in [0.15, 0.2) is 30.5 Å². The lowest BCUT2D eigenvalue weighted by Gasteiger charge is -2.07. The minimum Gasteiger partial charge on any atom is -0.241 e. The first-order valence-electron chi connectivity index (χ1n) is 4.83.